The fraction of sp³-hybridized carbons (Fsp3) is 0.167. The van der Waals surface area contributed by atoms with E-state index in [0.29, 0.717) is 11.3 Å². The minimum Gasteiger partial charge on any atom is -0.494 e. The van der Waals surface area contributed by atoms with Gasteiger partial charge >= 0.3 is 5.97 Å². The van der Waals surface area contributed by atoms with Gasteiger partial charge in [0.05, 0.1) is 19.1 Å². The van der Waals surface area contributed by atoms with Crippen molar-refractivity contribution >= 4 is 5.97 Å². The number of rotatable bonds is 3. The van der Waals surface area contributed by atoms with Crippen LogP contribution in [0.2, 0.25) is 0 Å². The zero-order valence-corrected chi connectivity index (χ0v) is 9.85. The summed E-state index contributed by atoms with van der Waals surface area (Å²) in [6.07, 6.45) is 1.38. The maximum absolute atomic E-state index is 13.6. The summed E-state index contributed by atoms with van der Waals surface area (Å²) in [6, 6.07) is 4.26. The standard InChI is InChI=1S/C12H11FN2O3/c1-15-6-14-10(12(16)17)11(15)7-3-4-9(18-2)8(13)5-7/h3-6H,1-2H3,(H,16,17). The highest BCUT2D eigenvalue weighted by Gasteiger charge is 2.18. The molecule has 6 heteroatoms. The average Bonchev–Trinajstić information content (AvgIpc) is 2.71. The van der Waals surface area contributed by atoms with E-state index in [-0.39, 0.29) is 11.4 Å². The molecule has 0 aliphatic heterocycles. The lowest BCUT2D eigenvalue weighted by Gasteiger charge is -2.07. The lowest BCUT2D eigenvalue weighted by molar-refractivity contribution is 0.0692. The van der Waals surface area contributed by atoms with Crippen LogP contribution in [0.3, 0.4) is 0 Å². The highest BCUT2D eigenvalue weighted by Crippen LogP contribution is 2.27. The van der Waals surface area contributed by atoms with E-state index in [1.807, 2.05) is 0 Å². The fourth-order valence-corrected chi connectivity index (χ4v) is 1.74. The minimum absolute atomic E-state index is 0.109. The van der Waals surface area contributed by atoms with Gasteiger partial charge in [0.25, 0.3) is 0 Å². The van der Waals surface area contributed by atoms with Gasteiger partial charge < -0.3 is 14.4 Å². The number of halogens is 1. The third-order valence-corrected chi connectivity index (χ3v) is 2.56. The summed E-state index contributed by atoms with van der Waals surface area (Å²) in [5.74, 6) is -1.59. The molecule has 0 saturated heterocycles. The van der Waals surface area contributed by atoms with Crippen LogP contribution in [-0.4, -0.2) is 27.7 Å². The Bertz CT molecular complexity index is 607. The molecule has 0 radical (unpaired) electrons. The van der Waals surface area contributed by atoms with E-state index >= 15 is 0 Å². The number of carbonyl (C=O) groups is 1. The Morgan fingerprint density at radius 1 is 1.50 bits per heavy atom. The second-order valence-electron chi connectivity index (χ2n) is 3.71. The summed E-state index contributed by atoms with van der Waals surface area (Å²) in [7, 11) is 3.02. The Hall–Kier alpha value is -2.37. The van der Waals surface area contributed by atoms with Gasteiger partial charge in [0.15, 0.2) is 17.3 Å². The van der Waals surface area contributed by atoms with Crippen molar-refractivity contribution in [1.29, 1.82) is 0 Å². The zero-order chi connectivity index (χ0) is 13.3. The molecular weight excluding hydrogens is 239 g/mol. The maximum atomic E-state index is 13.6. The van der Waals surface area contributed by atoms with Gasteiger partial charge in [-0.1, -0.05) is 0 Å². The van der Waals surface area contributed by atoms with E-state index < -0.39 is 11.8 Å². The summed E-state index contributed by atoms with van der Waals surface area (Å²) < 4.78 is 19.9. The number of ether oxygens (including phenoxy) is 1. The molecule has 0 fully saturated rings. The SMILES string of the molecule is COc1ccc(-c2c(C(=O)O)ncn2C)cc1F. The molecule has 1 aromatic heterocycles. The van der Waals surface area contributed by atoms with E-state index in [9.17, 15) is 9.18 Å². The Morgan fingerprint density at radius 2 is 2.22 bits per heavy atom. The molecule has 2 aromatic rings. The number of benzene rings is 1. The van der Waals surface area contributed by atoms with E-state index in [0.717, 1.165) is 0 Å². The molecule has 0 atom stereocenters. The zero-order valence-electron chi connectivity index (χ0n) is 9.85. The van der Waals surface area contributed by atoms with Crippen LogP contribution in [0, 0.1) is 5.82 Å². The van der Waals surface area contributed by atoms with E-state index in [1.54, 1.807) is 13.1 Å². The van der Waals surface area contributed by atoms with Gasteiger partial charge in [0, 0.05) is 12.6 Å². The average molecular weight is 250 g/mol. The van der Waals surface area contributed by atoms with Crippen molar-refractivity contribution in [3.8, 4) is 17.0 Å². The van der Waals surface area contributed by atoms with Crippen LogP contribution in [-0.2, 0) is 7.05 Å². The van der Waals surface area contributed by atoms with Crippen molar-refractivity contribution in [1.82, 2.24) is 9.55 Å². The number of carboxylic acid groups (broad SMARTS) is 1. The third kappa shape index (κ3) is 1.92. The van der Waals surface area contributed by atoms with Crippen molar-refractivity contribution in [3.05, 3.63) is 36.0 Å². The number of aromatic carboxylic acids is 1. The van der Waals surface area contributed by atoms with Crippen LogP contribution in [0.15, 0.2) is 24.5 Å². The molecule has 5 nitrogen and oxygen atoms in total. The van der Waals surface area contributed by atoms with Crippen molar-refractivity contribution in [3.63, 3.8) is 0 Å². The normalized spacial score (nSPS) is 10.4. The van der Waals surface area contributed by atoms with Gasteiger partial charge in [-0.3, -0.25) is 0 Å². The molecule has 0 bridgehead atoms. The van der Waals surface area contributed by atoms with Gasteiger partial charge in [0.2, 0.25) is 0 Å². The molecular formula is C12H11FN2O3. The number of aromatic nitrogens is 2. The number of hydrogen-bond acceptors (Lipinski definition) is 3. The van der Waals surface area contributed by atoms with Crippen molar-refractivity contribution in [2.75, 3.05) is 7.11 Å². The highest BCUT2D eigenvalue weighted by atomic mass is 19.1. The molecule has 0 amide bonds. The molecule has 1 N–H and O–H groups in total. The van der Waals surface area contributed by atoms with Crippen molar-refractivity contribution in [2.45, 2.75) is 0 Å². The number of carboxylic acids is 1. The summed E-state index contributed by atoms with van der Waals surface area (Å²) in [5.41, 5.74) is 0.678. The molecule has 0 unspecified atom stereocenters. The smallest absolute Gasteiger partial charge is 0.356 e. The lowest BCUT2D eigenvalue weighted by Crippen LogP contribution is -2.01. The Morgan fingerprint density at radius 3 is 2.78 bits per heavy atom. The molecule has 0 aliphatic rings. The van der Waals surface area contributed by atoms with Gasteiger partial charge in [-0.2, -0.15) is 0 Å². The number of hydrogen-bond donors (Lipinski definition) is 1. The fourth-order valence-electron chi connectivity index (χ4n) is 1.74. The summed E-state index contributed by atoms with van der Waals surface area (Å²) >= 11 is 0. The number of imidazole rings is 1. The Balaban J connectivity index is 2.58. The minimum atomic E-state index is -1.15. The van der Waals surface area contributed by atoms with Crippen molar-refractivity contribution in [2.24, 2.45) is 7.05 Å². The van der Waals surface area contributed by atoms with Gasteiger partial charge in [-0.25, -0.2) is 14.2 Å². The molecule has 0 aliphatic carbocycles. The summed E-state index contributed by atoms with van der Waals surface area (Å²) in [5, 5.41) is 9.02. The molecule has 94 valence electrons. The first-order chi connectivity index (χ1) is 8.54. The van der Waals surface area contributed by atoms with Crippen LogP contribution >= 0.6 is 0 Å². The largest absolute Gasteiger partial charge is 0.494 e. The van der Waals surface area contributed by atoms with Gasteiger partial charge in [-0.15, -0.1) is 0 Å². The number of methoxy groups -OCH3 is 1. The first kappa shape index (κ1) is 12.1. The predicted molar refractivity (Wildman–Crippen MR) is 62.1 cm³/mol. The van der Waals surface area contributed by atoms with E-state index in [1.165, 1.54) is 30.1 Å². The van der Waals surface area contributed by atoms with E-state index in [2.05, 4.69) is 4.98 Å². The Kier molecular flexibility index (Phi) is 3.01. The Labute approximate surface area is 102 Å². The van der Waals surface area contributed by atoms with Crippen LogP contribution in [0.5, 0.6) is 5.75 Å². The van der Waals surface area contributed by atoms with Crippen molar-refractivity contribution < 1.29 is 19.0 Å². The highest BCUT2D eigenvalue weighted by molar-refractivity contribution is 5.93. The topological polar surface area (TPSA) is 64.3 Å². The third-order valence-electron chi connectivity index (χ3n) is 2.56. The number of nitrogens with zero attached hydrogens (tertiary/aromatic N) is 2. The molecule has 18 heavy (non-hydrogen) atoms. The maximum Gasteiger partial charge on any atom is 0.356 e. The van der Waals surface area contributed by atoms with E-state index in [4.69, 9.17) is 9.84 Å². The summed E-state index contributed by atoms with van der Waals surface area (Å²) in [4.78, 5) is 14.8. The van der Waals surface area contributed by atoms with Crippen LogP contribution in [0.1, 0.15) is 10.5 Å². The molecule has 1 heterocycles. The summed E-state index contributed by atoms with van der Waals surface area (Å²) in [6.45, 7) is 0. The first-order valence-corrected chi connectivity index (χ1v) is 5.13. The van der Waals surface area contributed by atoms with Crippen LogP contribution in [0.25, 0.3) is 11.3 Å². The second-order valence-corrected chi connectivity index (χ2v) is 3.71. The monoisotopic (exact) mass is 250 g/mol. The predicted octanol–water partition coefficient (Wildman–Crippen LogP) is 1.93. The van der Waals surface area contributed by atoms with Crippen LogP contribution in [0.4, 0.5) is 4.39 Å². The van der Waals surface area contributed by atoms with Crippen LogP contribution < -0.4 is 4.74 Å². The quantitative estimate of drug-likeness (QED) is 0.904. The lowest BCUT2D eigenvalue weighted by atomic mass is 10.1. The molecule has 2 rings (SSSR count). The van der Waals surface area contributed by atoms with Gasteiger partial charge in [0.1, 0.15) is 0 Å². The molecule has 0 saturated carbocycles. The van der Waals surface area contributed by atoms with Gasteiger partial charge in [-0.05, 0) is 18.2 Å². The molecule has 0 spiro atoms. The number of aryl methyl sites for hydroxylation is 1. The second kappa shape index (κ2) is 4.48. The molecule has 1 aromatic carbocycles. The first-order valence-electron chi connectivity index (χ1n) is 5.13.